The number of ether oxygens (including phenoxy) is 1. The number of unbranched alkanes of at least 4 members (excludes halogenated alkanes) is 1. The average molecular weight is 1050 g/mol. The smallest absolute Gasteiger partial charge is 0.305 e. The Labute approximate surface area is 423 Å². The Morgan fingerprint density at radius 3 is 1.94 bits per heavy atom. The highest BCUT2D eigenvalue weighted by Crippen LogP contribution is 2.24. The summed E-state index contributed by atoms with van der Waals surface area (Å²) in [7, 11) is 1.93. The molecule has 0 saturated carbocycles. The zero-order valence-corrected chi connectivity index (χ0v) is 41.9. The van der Waals surface area contributed by atoms with Crippen LogP contribution >= 0.6 is 33.3 Å². The summed E-state index contributed by atoms with van der Waals surface area (Å²) in [5, 5.41) is 43.0. The van der Waals surface area contributed by atoms with Gasteiger partial charge in [0.05, 0.1) is 25.3 Å². The first-order chi connectivity index (χ1) is 34.0. The van der Waals surface area contributed by atoms with Gasteiger partial charge in [0.15, 0.2) is 5.96 Å². The lowest BCUT2D eigenvalue weighted by atomic mass is 10.0. The molecule has 0 spiro atoms. The number of hydrogen-bond donors (Lipinski definition) is 14. The summed E-state index contributed by atoms with van der Waals surface area (Å²) >= 11 is 0.974. The lowest BCUT2D eigenvalue weighted by Gasteiger charge is -2.27. The SMILES string of the molecule is CCCOCCNC(=O)[C@@H]1CSCC(=O)N[C@@H](CCCCN)C(=O)N[C@H]2CSSC[C@H](NC(=O)[C@H](CC(=O)O)NC(=O)CNC(=O)[C@H](CCCNC(=N)N)NC2=O)C(=O)N[C@@H](Cc2ccccc2)C(=O)N1. The Morgan fingerprint density at radius 2 is 1.31 bits per heavy atom. The van der Waals surface area contributed by atoms with E-state index in [1.54, 1.807) is 30.3 Å². The van der Waals surface area contributed by atoms with Crippen LogP contribution in [0.4, 0.5) is 0 Å². The van der Waals surface area contributed by atoms with Gasteiger partial charge in [-0.2, -0.15) is 0 Å². The summed E-state index contributed by atoms with van der Waals surface area (Å²) in [5.41, 5.74) is 11.7. The number of thioether (sulfide) groups is 1. The van der Waals surface area contributed by atoms with Crippen LogP contribution in [0.2, 0.25) is 0 Å². The van der Waals surface area contributed by atoms with E-state index in [9.17, 15) is 53.1 Å². The second kappa shape index (κ2) is 32.9. The van der Waals surface area contributed by atoms with Crippen molar-refractivity contribution in [3.05, 3.63) is 35.9 Å². The van der Waals surface area contributed by atoms with Gasteiger partial charge in [0, 0.05) is 43.4 Å². The van der Waals surface area contributed by atoms with E-state index < -0.39 is 114 Å². The van der Waals surface area contributed by atoms with E-state index in [-0.39, 0.29) is 80.9 Å². The average Bonchev–Trinajstić information content (AvgIpc) is 3.32. The molecule has 0 radical (unpaired) electrons. The van der Waals surface area contributed by atoms with Crippen molar-refractivity contribution in [3.8, 4) is 0 Å². The number of hydrogen-bond acceptors (Lipinski definition) is 16. The second-order valence-electron chi connectivity index (χ2n) is 16.3. The van der Waals surface area contributed by atoms with Crippen molar-refractivity contribution < 1.29 is 57.8 Å². The first-order valence-electron chi connectivity index (χ1n) is 23.1. The van der Waals surface area contributed by atoms with Crippen molar-refractivity contribution >= 4 is 98.4 Å². The summed E-state index contributed by atoms with van der Waals surface area (Å²) in [4.78, 5) is 137. The van der Waals surface area contributed by atoms with Crippen molar-refractivity contribution in [2.24, 2.45) is 11.5 Å². The minimum Gasteiger partial charge on any atom is -0.481 e. The molecule has 2 saturated heterocycles. The minimum atomic E-state index is -1.77. The molecule has 394 valence electrons. The van der Waals surface area contributed by atoms with Gasteiger partial charge in [0.25, 0.3) is 0 Å². The summed E-state index contributed by atoms with van der Waals surface area (Å²) < 4.78 is 5.48. The van der Waals surface area contributed by atoms with Gasteiger partial charge in [-0.25, -0.2) is 0 Å². The van der Waals surface area contributed by atoms with Crippen LogP contribution in [0, 0.1) is 5.41 Å². The molecule has 2 aliphatic rings. The first kappa shape index (κ1) is 59.5. The number of benzene rings is 1. The van der Waals surface area contributed by atoms with Crippen LogP contribution < -0.4 is 64.6 Å². The fourth-order valence-corrected chi connectivity index (χ4v) is 9.99. The molecule has 2 heterocycles. The fourth-order valence-electron chi connectivity index (χ4n) is 6.80. The normalized spacial score (nSPS) is 23.8. The molecule has 16 N–H and O–H groups in total. The number of fused-ring (bicyclic) bond motifs is 5. The number of carbonyl (C=O) groups is 10. The van der Waals surface area contributed by atoms with Gasteiger partial charge in [-0.1, -0.05) is 58.8 Å². The molecule has 7 atom stereocenters. The van der Waals surface area contributed by atoms with E-state index in [0.717, 1.165) is 39.8 Å². The summed E-state index contributed by atoms with van der Waals surface area (Å²) in [6.45, 7) is 2.25. The molecule has 2 aliphatic heterocycles. The number of amides is 9. The molecule has 0 aromatic heterocycles. The maximum atomic E-state index is 14.4. The number of guanidine groups is 1. The predicted molar refractivity (Wildman–Crippen MR) is 267 cm³/mol. The van der Waals surface area contributed by atoms with Crippen LogP contribution in [0.5, 0.6) is 0 Å². The third kappa shape index (κ3) is 23.3. The number of nitrogens with one attached hydrogen (secondary N) is 11. The minimum absolute atomic E-state index is 0.0580. The maximum absolute atomic E-state index is 14.4. The summed E-state index contributed by atoms with van der Waals surface area (Å²) in [6.07, 6.45) is 0.820. The number of carboxylic acid groups (broad SMARTS) is 1. The van der Waals surface area contributed by atoms with Crippen molar-refractivity contribution in [2.45, 2.75) is 101 Å². The van der Waals surface area contributed by atoms with Crippen LogP contribution in [-0.2, 0) is 59.1 Å². The molecular formula is C43H67N13O12S3. The Balaban J connectivity index is 2.15. The number of carboxylic acids is 1. The van der Waals surface area contributed by atoms with E-state index in [1.165, 1.54) is 0 Å². The monoisotopic (exact) mass is 1050 g/mol. The predicted octanol–water partition coefficient (Wildman–Crippen LogP) is -3.71. The largest absolute Gasteiger partial charge is 0.481 e. The number of aliphatic carboxylic acids is 1. The van der Waals surface area contributed by atoms with Crippen molar-refractivity contribution in [2.75, 3.05) is 62.4 Å². The molecule has 9 amide bonds. The Hall–Kier alpha value is -5.84. The molecule has 2 bridgehead atoms. The first-order valence-corrected chi connectivity index (χ1v) is 26.7. The second-order valence-corrected chi connectivity index (χ2v) is 19.9. The van der Waals surface area contributed by atoms with Crippen LogP contribution in [0.25, 0.3) is 0 Å². The number of rotatable bonds is 18. The van der Waals surface area contributed by atoms with Crippen molar-refractivity contribution in [1.29, 1.82) is 5.41 Å². The molecule has 3 rings (SSSR count). The Kier molecular flexibility index (Phi) is 27.6. The Bertz CT molecular complexity index is 1990. The van der Waals surface area contributed by atoms with Gasteiger partial charge in [0.2, 0.25) is 53.2 Å². The van der Waals surface area contributed by atoms with Crippen LogP contribution in [0.1, 0.15) is 57.4 Å². The highest BCUT2D eigenvalue weighted by molar-refractivity contribution is 8.76. The summed E-state index contributed by atoms with van der Waals surface area (Å²) in [6, 6.07) is -1.28. The van der Waals surface area contributed by atoms with Crippen LogP contribution in [-0.4, -0.2) is 175 Å². The van der Waals surface area contributed by atoms with E-state index >= 15 is 0 Å². The van der Waals surface area contributed by atoms with Crippen molar-refractivity contribution in [3.63, 3.8) is 0 Å². The number of nitrogens with two attached hydrogens (primary N) is 2. The van der Waals surface area contributed by atoms with E-state index in [0.29, 0.717) is 25.0 Å². The van der Waals surface area contributed by atoms with Crippen LogP contribution in [0.15, 0.2) is 30.3 Å². The fraction of sp³-hybridized carbons (Fsp3) is 0.605. The summed E-state index contributed by atoms with van der Waals surface area (Å²) in [5.74, 6) is -10.3. The molecule has 25 nitrogen and oxygen atoms in total. The van der Waals surface area contributed by atoms with E-state index in [2.05, 4.69) is 53.2 Å². The molecule has 71 heavy (non-hydrogen) atoms. The van der Waals surface area contributed by atoms with Crippen LogP contribution in [0.3, 0.4) is 0 Å². The molecule has 1 aromatic carbocycles. The molecule has 1 aromatic rings. The highest BCUT2D eigenvalue weighted by Gasteiger charge is 2.35. The number of carbonyl (C=O) groups excluding carboxylic acids is 9. The van der Waals surface area contributed by atoms with Gasteiger partial charge < -0.3 is 74.5 Å². The molecule has 2 fully saturated rings. The molecule has 28 heteroatoms. The quantitative estimate of drug-likeness (QED) is 0.0291. The molecule has 0 aliphatic carbocycles. The van der Waals surface area contributed by atoms with Gasteiger partial charge in [0.1, 0.15) is 42.3 Å². The van der Waals surface area contributed by atoms with Gasteiger partial charge >= 0.3 is 5.97 Å². The van der Waals surface area contributed by atoms with E-state index in [4.69, 9.17) is 21.6 Å². The van der Waals surface area contributed by atoms with Gasteiger partial charge in [-0.05, 0) is 50.6 Å². The maximum Gasteiger partial charge on any atom is 0.305 e. The zero-order valence-electron chi connectivity index (χ0n) is 39.5. The lowest BCUT2D eigenvalue weighted by molar-refractivity contribution is -0.141. The van der Waals surface area contributed by atoms with Crippen molar-refractivity contribution in [1.82, 2.24) is 53.2 Å². The third-order valence-corrected chi connectivity index (χ3v) is 13.9. The topological polar surface area (TPSA) is 396 Å². The standard InChI is InChI=1S/C43H67N13O12S3/c1-2-16-68-17-15-47-37(62)30-21-69-24-34(58)50-27(11-6-7-13-44)38(63)55-31-22-70-71-23-32(42(67)53-28(39(64)54-30)18-25-9-4-3-5-10-25)56-40(65)29(19-35(59)60)51-33(57)20-49-36(61)26(52-41(31)66)12-8-14-48-43(45)46/h3-5,9-10,26-32H,2,6-8,11-24,44H2,1H3,(H,47,62)(H,49,61)(H,50,58)(H,51,57)(H,52,66)(H,53,67)(H,54,64)(H,55,63)(H,56,65)(H,59,60)(H4,45,46,48)/t26-,27-,28-,29-,30-,31-,32-/m0/s1. The third-order valence-electron chi connectivity index (χ3n) is 10.4. The van der Waals surface area contributed by atoms with Gasteiger partial charge in [-0.3, -0.25) is 53.4 Å². The molecular weight excluding hydrogens is 987 g/mol. The lowest BCUT2D eigenvalue weighted by Crippen LogP contribution is -2.60. The Morgan fingerprint density at radius 1 is 0.704 bits per heavy atom. The van der Waals surface area contributed by atoms with Gasteiger partial charge in [-0.15, -0.1) is 11.8 Å². The molecule has 0 unspecified atom stereocenters. The van der Waals surface area contributed by atoms with E-state index in [1.807, 2.05) is 6.92 Å². The highest BCUT2D eigenvalue weighted by atomic mass is 33.1. The zero-order chi connectivity index (χ0) is 52.1.